The Hall–Kier alpha value is -2.83. The van der Waals surface area contributed by atoms with Crippen LogP contribution < -0.4 is 10.5 Å². The Kier molecular flexibility index (Phi) is 6.80. The summed E-state index contributed by atoms with van der Waals surface area (Å²) in [6, 6.07) is 8.97. The molecule has 1 heterocycles. The number of esters is 1. The average Bonchev–Trinajstić information content (AvgIpc) is 2.71. The first-order chi connectivity index (χ1) is 14.3. The van der Waals surface area contributed by atoms with Gasteiger partial charge in [0.2, 0.25) is 0 Å². The molecular weight excluding hydrogens is 425 g/mol. The van der Waals surface area contributed by atoms with Crippen LogP contribution in [0.5, 0.6) is 5.75 Å². The Morgan fingerprint density at radius 1 is 1.17 bits per heavy atom. The van der Waals surface area contributed by atoms with E-state index in [4.69, 9.17) is 38.4 Å². The number of halogens is 2. The van der Waals surface area contributed by atoms with E-state index in [0.717, 1.165) is 5.56 Å². The van der Waals surface area contributed by atoms with Gasteiger partial charge in [0, 0.05) is 17.4 Å². The first kappa shape index (κ1) is 21.9. The van der Waals surface area contributed by atoms with Gasteiger partial charge in [0.15, 0.2) is 5.82 Å². The number of nitrogens with two attached hydrogens (primary N) is 1. The molecule has 6 nitrogen and oxygen atoms in total. The largest absolute Gasteiger partial charge is 0.495 e. The van der Waals surface area contributed by atoms with E-state index in [2.05, 4.69) is 9.97 Å². The summed E-state index contributed by atoms with van der Waals surface area (Å²) < 4.78 is 10.2. The number of fused-ring (bicyclic) bond motifs is 1. The van der Waals surface area contributed by atoms with Gasteiger partial charge in [0.25, 0.3) is 0 Å². The van der Waals surface area contributed by atoms with E-state index < -0.39 is 5.97 Å². The lowest BCUT2D eigenvalue weighted by Crippen LogP contribution is -2.06. The topological polar surface area (TPSA) is 87.3 Å². The highest BCUT2D eigenvalue weighted by molar-refractivity contribution is 6.34. The lowest BCUT2D eigenvalue weighted by Gasteiger charge is -2.12. The summed E-state index contributed by atoms with van der Waals surface area (Å²) in [5.74, 6) is 0.550. The van der Waals surface area contributed by atoms with E-state index in [-0.39, 0.29) is 0 Å². The lowest BCUT2D eigenvalue weighted by molar-refractivity contribution is -0.138. The number of nitrogens with zero attached hydrogens (tertiary/aromatic N) is 2. The minimum atomic E-state index is -0.416. The maximum atomic E-state index is 12.0. The molecule has 3 aromatic rings. The van der Waals surface area contributed by atoms with Crippen molar-refractivity contribution in [2.75, 3.05) is 19.5 Å². The molecule has 1 aromatic heterocycles. The molecule has 0 saturated heterocycles. The molecule has 0 spiro atoms. The molecule has 0 aliphatic heterocycles. The van der Waals surface area contributed by atoms with Gasteiger partial charge < -0.3 is 15.2 Å². The fourth-order valence-electron chi connectivity index (χ4n) is 3.02. The minimum absolute atomic E-state index is 0.293. The highest BCUT2D eigenvalue weighted by Crippen LogP contribution is 2.32. The van der Waals surface area contributed by atoms with E-state index in [1.807, 2.05) is 12.1 Å². The molecule has 0 radical (unpaired) electrons. The zero-order chi connectivity index (χ0) is 21.8. The van der Waals surface area contributed by atoms with Crippen molar-refractivity contribution in [1.29, 1.82) is 0 Å². The second-order valence-electron chi connectivity index (χ2n) is 6.58. The Morgan fingerprint density at radius 2 is 1.93 bits per heavy atom. The SMILES string of the molecule is CCOC(=O)/C(C)=C\c1nc(Cc2ccc(OC)c(Cl)c2)c2c(N)c(Cl)ccc2n1. The van der Waals surface area contributed by atoms with Crippen molar-refractivity contribution in [2.45, 2.75) is 20.3 Å². The Labute approximate surface area is 184 Å². The molecule has 0 fully saturated rings. The highest BCUT2D eigenvalue weighted by Gasteiger charge is 2.15. The van der Waals surface area contributed by atoms with Crippen LogP contribution in [-0.4, -0.2) is 29.7 Å². The number of benzene rings is 2. The van der Waals surface area contributed by atoms with Crippen LogP contribution in [0, 0.1) is 0 Å². The second-order valence-corrected chi connectivity index (χ2v) is 7.39. The summed E-state index contributed by atoms with van der Waals surface area (Å²) in [5.41, 5.74) is 9.26. The van der Waals surface area contributed by atoms with Crippen LogP contribution in [0.15, 0.2) is 35.9 Å². The van der Waals surface area contributed by atoms with Crippen LogP contribution in [-0.2, 0) is 16.0 Å². The van der Waals surface area contributed by atoms with Crippen LogP contribution in [0.1, 0.15) is 30.9 Å². The monoisotopic (exact) mass is 445 g/mol. The van der Waals surface area contributed by atoms with E-state index in [1.54, 1.807) is 45.2 Å². The van der Waals surface area contributed by atoms with Crippen LogP contribution in [0.25, 0.3) is 17.0 Å². The van der Waals surface area contributed by atoms with E-state index in [1.165, 1.54) is 0 Å². The van der Waals surface area contributed by atoms with Crippen LogP contribution in [0.3, 0.4) is 0 Å². The molecule has 8 heteroatoms. The molecule has 0 aliphatic carbocycles. The molecule has 30 heavy (non-hydrogen) atoms. The summed E-state index contributed by atoms with van der Waals surface area (Å²) >= 11 is 12.5. The molecule has 0 bridgehead atoms. The zero-order valence-corrected chi connectivity index (χ0v) is 18.3. The quantitative estimate of drug-likeness (QED) is 0.323. The maximum Gasteiger partial charge on any atom is 0.333 e. The summed E-state index contributed by atoms with van der Waals surface area (Å²) in [6.07, 6.45) is 2.03. The fraction of sp³-hybridized carbons (Fsp3) is 0.227. The fourth-order valence-corrected chi connectivity index (χ4v) is 3.46. The van der Waals surface area contributed by atoms with Gasteiger partial charge in [-0.1, -0.05) is 29.3 Å². The Balaban J connectivity index is 2.12. The molecule has 0 saturated carbocycles. The summed E-state index contributed by atoms with van der Waals surface area (Å²) in [6.45, 7) is 3.70. The molecule has 0 aliphatic rings. The van der Waals surface area contributed by atoms with Crippen molar-refractivity contribution < 1.29 is 14.3 Å². The number of anilines is 1. The third-order valence-electron chi connectivity index (χ3n) is 4.47. The molecular formula is C22H21Cl2N3O3. The normalized spacial score (nSPS) is 11.6. The maximum absolute atomic E-state index is 12.0. The Morgan fingerprint density at radius 3 is 2.60 bits per heavy atom. The van der Waals surface area contributed by atoms with E-state index in [0.29, 0.717) is 62.5 Å². The molecule has 2 N–H and O–H groups in total. The molecule has 2 aromatic carbocycles. The zero-order valence-electron chi connectivity index (χ0n) is 16.8. The predicted octanol–water partition coefficient (Wildman–Crippen LogP) is 5.08. The number of methoxy groups -OCH3 is 1. The average molecular weight is 446 g/mol. The summed E-state index contributed by atoms with van der Waals surface area (Å²) in [4.78, 5) is 21.1. The van der Waals surface area contributed by atoms with Gasteiger partial charge in [-0.3, -0.25) is 0 Å². The number of aromatic nitrogens is 2. The molecule has 0 unspecified atom stereocenters. The van der Waals surface area contributed by atoms with Crippen molar-refractivity contribution in [3.63, 3.8) is 0 Å². The number of hydrogen-bond acceptors (Lipinski definition) is 6. The Bertz CT molecular complexity index is 1150. The molecule has 0 atom stereocenters. The second kappa shape index (κ2) is 9.32. The predicted molar refractivity (Wildman–Crippen MR) is 120 cm³/mol. The minimum Gasteiger partial charge on any atom is -0.495 e. The van der Waals surface area contributed by atoms with Crippen LogP contribution in [0.4, 0.5) is 5.69 Å². The van der Waals surface area contributed by atoms with Crippen molar-refractivity contribution in [3.8, 4) is 5.75 Å². The van der Waals surface area contributed by atoms with E-state index in [9.17, 15) is 4.79 Å². The van der Waals surface area contributed by atoms with Crippen molar-refractivity contribution >= 4 is 51.8 Å². The van der Waals surface area contributed by atoms with Gasteiger partial charge in [0.05, 0.1) is 40.7 Å². The van der Waals surface area contributed by atoms with Gasteiger partial charge in [-0.05, 0) is 49.8 Å². The van der Waals surface area contributed by atoms with Crippen LogP contribution >= 0.6 is 23.2 Å². The third kappa shape index (κ3) is 4.66. The van der Waals surface area contributed by atoms with Gasteiger partial charge >= 0.3 is 5.97 Å². The van der Waals surface area contributed by atoms with Crippen molar-refractivity contribution in [1.82, 2.24) is 9.97 Å². The molecule has 0 amide bonds. The third-order valence-corrected chi connectivity index (χ3v) is 5.10. The highest BCUT2D eigenvalue weighted by atomic mass is 35.5. The van der Waals surface area contributed by atoms with Crippen molar-refractivity contribution in [2.24, 2.45) is 0 Å². The number of rotatable bonds is 6. The van der Waals surface area contributed by atoms with Gasteiger partial charge in [0.1, 0.15) is 5.75 Å². The van der Waals surface area contributed by atoms with E-state index >= 15 is 0 Å². The van der Waals surface area contributed by atoms with Crippen molar-refractivity contribution in [3.05, 3.63) is 63.0 Å². The first-order valence-electron chi connectivity index (χ1n) is 9.26. The molecule has 3 rings (SSSR count). The smallest absolute Gasteiger partial charge is 0.333 e. The van der Waals surface area contributed by atoms with Gasteiger partial charge in [-0.25, -0.2) is 14.8 Å². The number of ether oxygens (including phenoxy) is 2. The number of nitrogen functional groups attached to an aromatic ring is 1. The summed E-state index contributed by atoms with van der Waals surface area (Å²) in [7, 11) is 1.56. The van der Waals surface area contributed by atoms with Gasteiger partial charge in [-0.15, -0.1) is 0 Å². The number of hydrogen-bond donors (Lipinski definition) is 1. The standard InChI is InChI=1S/C22H21Cl2N3O3/c1-4-30-22(28)12(2)9-19-26-16-7-6-14(23)21(25)20(16)17(27-19)11-13-5-8-18(29-3)15(24)10-13/h5-10H,4,11,25H2,1-3H3/b12-9-. The molecule has 156 valence electrons. The van der Waals surface area contributed by atoms with Gasteiger partial charge in [-0.2, -0.15) is 0 Å². The summed E-state index contributed by atoms with van der Waals surface area (Å²) in [5, 5.41) is 1.59. The first-order valence-corrected chi connectivity index (χ1v) is 10.0. The number of carbonyl (C=O) groups excluding carboxylic acids is 1. The van der Waals surface area contributed by atoms with Crippen LogP contribution in [0.2, 0.25) is 10.0 Å². The number of carbonyl (C=O) groups is 1. The lowest BCUT2D eigenvalue weighted by atomic mass is 10.0.